The molecule has 1 amide bonds. The largest absolute Gasteiger partial charge is 0.469 e. The first-order chi connectivity index (χ1) is 12.5. The first-order valence-electron chi connectivity index (χ1n) is 8.54. The highest BCUT2D eigenvalue weighted by Crippen LogP contribution is 2.09. The van der Waals surface area contributed by atoms with Crippen molar-refractivity contribution < 1.29 is 9.21 Å². The van der Waals surface area contributed by atoms with Crippen molar-refractivity contribution in [3.63, 3.8) is 0 Å². The van der Waals surface area contributed by atoms with E-state index < -0.39 is 0 Å². The van der Waals surface area contributed by atoms with Gasteiger partial charge in [0.1, 0.15) is 12.3 Å². The van der Waals surface area contributed by atoms with Crippen molar-refractivity contribution in [1.29, 1.82) is 0 Å². The van der Waals surface area contributed by atoms with Crippen LogP contribution in [0.25, 0.3) is 0 Å². The Morgan fingerprint density at radius 3 is 2.42 bits per heavy atom. The molecule has 0 radical (unpaired) electrons. The zero-order chi connectivity index (χ0) is 18.8. The minimum atomic E-state index is -0.0464. The Bertz CT molecular complexity index is 697. The first-order valence-corrected chi connectivity index (χ1v) is 8.91. The van der Waals surface area contributed by atoms with Crippen molar-refractivity contribution in [2.75, 3.05) is 33.7 Å². The third-order valence-electron chi connectivity index (χ3n) is 3.73. The number of furan rings is 1. The van der Waals surface area contributed by atoms with Crippen LogP contribution in [-0.4, -0.2) is 50.5 Å². The van der Waals surface area contributed by atoms with Crippen LogP contribution >= 0.6 is 11.6 Å². The molecule has 0 aliphatic heterocycles. The first kappa shape index (κ1) is 19.8. The van der Waals surface area contributed by atoms with E-state index in [-0.39, 0.29) is 12.5 Å². The lowest BCUT2D eigenvalue weighted by Crippen LogP contribution is -2.40. The fourth-order valence-electron chi connectivity index (χ4n) is 2.20. The van der Waals surface area contributed by atoms with Gasteiger partial charge < -0.3 is 20.0 Å². The van der Waals surface area contributed by atoms with Crippen LogP contribution in [0.15, 0.2) is 52.1 Å². The van der Waals surface area contributed by atoms with Gasteiger partial charge in [0.25, 0.3) is 0 Å². The van der Waals surface area contributed by atoms with Crippen molar-refractivity contribution >= 4 is 23.5 Å². The zero-order valence-electron chi connectivity index (χ0n) is 15.2. The van der Waals surface area contributed by atoms with Crippen molar-refractivity contribution in [2.45, 2.75) is 12.8 Å². The van der Waals surface area contributed by atoms with Crippen LogP contribution in [0.5, 0.6) is 0 Å². The monoisotopic (exact) mass is 376 g/mol. The summed E-state index contributed by atoms with van der Waals surface area (Å²) in [5, 5.41) is 7.22. The maximum Gasteiger partial charge on any atom is 0.243 e. The minimum absolute atomic E-state index is 0.0464. The van der Waals surface area contributed by atoms with E-state index in [1.54, 1.807) is 20.4 Å². The van der Waals surface area contributed by atoms with Gasteiger partial charge >= 0.3 is 0 Å². The molecule has 0 spiro atoms. The van der Waals surface area contributed by atoms with Gasteiger partial charge in [0.2, 0.25) is 5.91 Å². The number of carbonyl (C=O) groups is 1. The molecule has 1 heterocycles. The van der Waals surface area contributed by atoms with E-state index >= 15 is 0 Å². The molecule has 0 saturated carbocycles. The van der Waals surface area contributed by atoms with E-state index in [0.717, 1.165) is 23.6 Å². The molecule has 0 aliphatic carbocycles. The predicted molar refractivity (Wildman–Crippen MR) is 105 cm³/mol. The number of nitrogens with zero attached hydrogens (tertiary/aromatic N) is 2. The fraction of sp³-hybridized carbons (Fsp3) is 0.368. The Morgan fingerprint density at radius 1 is 1.12 bits per heavy atom. The number of hydrogen-bond donors (Lipinski definition) is 2. The molecule has 2 rings (SSSR count). The summed E-state index contributed by atoms with van der Waals surface area (Å²) in [6.07, 6.45) is 3.23. The molecule has 0 bridgehead atoms. The highest BCUT2D eigenvalue weighted by Gasteiger charge is 2.05. The van der Waals surface area contributed by atoms with Crippen molar-refractivity contribution in [2.24, 2.45) is 4.99 Å². The number of likely N-dealkylation sites (N-methyl/N-ethyl adjacent to an activating group) is 1. The van der Waals surface area contributed by atoms with E-state index in [4.69, 9.17) is 16.0 Å². The molecule has 26 heavy (non-hydrogen) atoms. The minimum Gasteiger partial charge on any atom is -0.469 e. The molecule has 1 aromatic heterocycles. The molecule has 0 atom stereocenters. The molecule has 2 aromatic rings. The van der Waals surface area contributed by atoms with Gasteiger partial charge in [-0.15, -0.1) is 0 Å². The van der Waals surface area contributed by atoms with Gasteiger partial charge in [0, 0.05) is 38.6 Å². The zero-order valence-corrected chi connectivity index (χ0v) is 15.9. The predicted octanol–water partition coefficient (Wildman–Crippen LogP) is 2.34. The van der Waals surface area contributed by atoms with Crippen LogP contribution < -0.4 is 10.6 Å². The number of nitrogens with one attached hydrogen (secondary N) is 2. The second-order valence-corrected chi connectivity index (χ2v) is 6.45. The van der Waals surface area contributed by atoms with E-state index in [0.29, 0.717) is 19.0 Å². The molecular weight excluding hydrogens is 352 g/mol. The fourth-order valence-corrected chi connectivity index (χ4v) is 2.32. The normalized spacial score (nSPS) is 11.3. The summed E-state index contributed by atoms with van der Waals surface area (Å²) >= 11 is 5.90. The van der Waals surface area contributed by atoms with Gasteiger partial charge in [-0.2, -0.15) is 0 Å². The number of amides is 1. The Labute approximate surface area is 159 Å². The number of carbonyl (C=O) groups excluding carboxylic acids is 1. The van der Waals surface area contributed by atoms with E-state index in [1.807, 2.05) is 36.4 Å². The van der Waals surface area contributed by atoms with Gasteiger partial charge in [-0.3, -0.25) is 4.79 Å². The molecule has 1 aromatic carbocycles. The quantitative estimate of drug-likeness (QED) is 0.548. The molecule has 140 valence electrons. The molecule has 6 nitrogen and oxygen atoms in total. The number of aliphatic imine (C=N–C) groups is 1. The SMILES string of the molecule is CN(C)C(=O)CN=C(NCCc1ccc(Cl)cc1)NCCc1ccco1. The maximum absolute atomic E-state index is 11.8. The van der Waals surface area contributed by atoms with E-state index in [2.05, 4.69) is 15.6 Å². The standard InChI is InChI=1S/C19H25ClN4O2/c1-24(2)18(25)14-23-19(22-12-10-17-4-3-13-26-17)21-11-9-15-5-7-16(20)8-6-15/h3-8,13H,9-12,14H2,1-2H3,(H2,21,22,23). The van der Waals surface area contributed by atoms with E-state index in [9.17, 15) is 4.79 Å². The Hall–Kier alpha value is -2.47. The van der Waals surface area contributed by atoms with Crippen LogP contribution in [0.3, 0.4) is 0 Å². The van der Waals surface area contributed by atoms with Crippen molar-refractivity contribution in [3.05, 3.63) is 59.0 Å². The third-order valence-corrected chi connectivity index (χ3v) is 3.99. The second kappa shape index (κ2) is 10.5. The summed E-state index contributed by atoms with van der Waals surface area (Å²) in [7, 11) is 3.44. The number of rotatable bonds is 8. The van der Waals surface area contributed by atoms with Gasteiger partial charge in [-0.05, 0) is 36.2 Å². The third kappa shape index (κ3) is 7.19. The summed E-state index contributed by atoms with van der Waals surface area (Å²) in [6, 6.07) is 11.6. The summed E-state index contributed by atoms with van der Waals surface area (Å²) in [5.41, 5.74) is 1.18. The molecular formula is C19H25ClN4O2. The Balaban J connectivity index is 1.85. The van der Waals surface area contributed by atoms with Gasteiger partial charge in [0.05, 0.1) is 6.26 Å². The number of guanidine groups is 1. The Morgan fingerprint density at radius 2 is 1.81 bits per heavy atom. The van der Waals surface area contributed by atoms with Gasteiger partial charge in [-0.25, -0.2) is 4.99 Å². The molecule has 2 N–H and O–H groups in total. The molecule has 7 heteroatoms. The second-order valence-electron chi connectivity index (χ2n) is 6.01. The number of benzene rings is 1. The summed E-state index contributed by atoms with van der Waals surface area (Å²) < 4.78 is 5.32. The van der Waals surface area contributed by atoms with Crippen LogP contribution in [-0.2, 0) is 17.6 Å². The van der Waals surface area contributed by atoms with Crippen molar-refractivity contribution in [1.82, 2.24) is 15.5 Å². The van der Waals surface area contributed by atoms with Crippen molar-refractivity contribution in [3.8, 4) is 0 Å². The molecule has 0 fully saturated rings. The smallest absolute Gasteiger partial charge is 0.243 e. The van der Waals surface area contributed by atoms with Crippen LogP contribution in [0, 0.1) is 0 Å². The topological polar surface area (TPSA) is 69.9 Å². The number of halogens is 1. The molecule has 0 saturated heterocycles. The average Bonchev–Trinajstić information content (AvgIpc) is 3.14. The average molecular weight is 377 g/mol. The lowest BCUT2D eigenvalue weighted by atomic mass is 10.1. The van der Waals surface area contributed by atoms with Gasteiger partial charge in [0.15, 0.2) is 5.96 Å². The number of hydrogen-bond acceptors (Lipinski definition) is 3. The van der Waals surface area contributed by atoms with Gasteiger partial charge in [-0.1, -0.05) is 23.7 Å². The summed E-state index contributed by atoms with van der Waals surface area (Å²) in [6.45, 7) is 1.46. The lowest BCUT2D eigenvalue weighted by molar-refractivity contribution is -0.127. The van der Waals surface area contributed by atoms with Crippen LogP contribution in [0.1, 0.15) is 11.3 Å². The molecule has 0 unspecified atom stereocenters. The van der Waals surface area contributed by atoms with Crippen LogP contribution in [0.2, 0.25) is 5.02 Å². The summed E-state index contributed by atoms with van der Waals surface area (Å²) in [4.78, 5) is 17.7. The summed E-state index contributed by atoms with van der Waals surface area (Å²) in [5.74, 6) is 1.47. The highest BCUT2D eigenvalue weighted by atomic mass is 35.5. The maximum atomic E-state index is 11.8. The lowest BCUT2D eigenvalue weighted by Gasteiger charge is -2.13. The Kier molecular flexibility index (Phi) is 8.02. The highest BCUT2D eigenvalue weighted by molar-refractivity contribution is 6.30. The van der Waals surface area contributed by atoms with Crippen LogP contribution in [0.4, 0.5) is 0 Å². The van der Waals surface area contributed by atoms with E-state index in [1.165, 1.54) is 10.5 Å². The molecule has 0 aliphatic rings.